The lowest BCUT2D eigenvalue weighted by Gasteiger charge is -2.37. The zero-order chi connectivity index (χ0) is 13.6. The summed E-state index contributed by atoms with van der Waals surface area (Å²) in [6, 6.07) is 0. The highest BCUT2D eigenvalue weighted by Crippen LogP contribution is 2.46. The van der Waals surface area contributed by atoms with Gasteiger partial charge in [-0.15, -0.1) is 10.2 Å². The fraction of sp³-hybridized carbons (Fsp3) is 0.818. The summed E-state index contributed by atoms with van der Waals surface area (Å²) in [6.07, 6.45) is 4.49. The topological polar surface area (TPSA) is 90.9 Å². The zero-order valence-electron chi connectivity index (χ0n) is 11.0. The van der Waals surface area contributed by atoms with E-state index >= 15 is 0 Å². The smallest absolute Gasteiger partial charge is 0.273 e. The first-order valence-electron chi connectivity index (χ1n) is 6.15. The fourth-order valence-corrected chi connectivity index (χ4v) is 3.48. The molecule has 0 amide bonds. The highest BCUT2D eigenvalue weighted by molar-refractivity contribution is 7.89. The Kier molecular flexibility index (Phi) is 3.23. The first-order chi connectivity index (χ1) is 8.23. The van der Waals surface area contributed by atoms with E-state index < -0.39 is 10.0 Å². The van der Waals surface area contributed by atoms with Gasteiger partial charge in [0, 0.05) is 13.0 Å². The Labute approximate surface area is 108 Å². The second kappa shape index (κ2) is 4.31. The first-order valence-corrected chi connectivity index (χ1v) is 7.70. The molecule has 1 aromatic rings. The van der Waals surface area contributed by atoms with Crippen LogP contribution in [0.4, 0.5) is 0 Å². The summed E-state index contributed by atoms with van der Waals surface area (Å²) in [5.41, 5.74) is 0.120. The molecule has 0 radical (unpaired) electrons. The maximum absolute atomic E-state index is 11.4. The first kappa shape index (κ1) is 13.5. The molecule has 102 valence electrons. The van der Waals surface area contributed by atoms with Gasteiger partial charge in [0.05, 0.1) is 0 Å². The lowest BCUT2D eigenvalue weighted by atomic mass is 9.68. The zero-order valence-corrected chi connectivity index (χ0v) is 11.9. The number of nitrogens with two attached hydrogens (primary N) is 1. The van der Waals surface area contributed by atoms with Crippen molar-refractivity contribution in [2.75, 3.05) is 0 Å². The van der Waals surface area contributed by atoms with Gasteiger partial charge in [0.2, 0.25) is 0 Å². The molecule has 1 unspecified atom stereocenters. The molecule has 0 saturated heterocycles. The second-order valence-electron chi connectivity index (χ2n) is 5.73. The van der Waals surface area contributed by atoms with Gasteiger partial charge in [-0.25, -0.2) is 13.6 Å². The van der Waals surface area contributed by atoms with Gasteiger partial charge < -0.3 is 4.57 Å². The lowest BCUT2D eigenvalue weighted by Crippen LogP contribution is -2.28. The molecule has 1 saturated carbocycles. The molecule has 2 N–H and O–H groups in total. The monoisotopic (exact) mass is 272 g/mol. The normalized spacial score (nSPS) is 24.1. The Bertz CT molecular complexity index is 547. The standard InChI is InChI=1S/C11H20N4O2S/c1-11(2)7-5-4-6-8(11)9-13-14-10(15(9)3)18(12,16)17/h8H,4-7H2,1-3H3,(H2,12,16,17). The molecule has 0 bridgehead atoms. The molecule has 0 aliphatic heterocycles. The number of sulfonamides is 1. The lowest BCUT2D eigenvalue weighted by molar-refractivity contribution is 0.189. The number of nitrogens with zero attached hydrogens (tertiary/aromatic N) is 3. The van der Waals surface area contributed by atoms with E-state index in [0.717, 1.165) is 25.1 Å². The van der Waals surface area contributed by atoms with Gasteiger partial charge in [-0.2, -0.15) is 0 Å². The molecule has 1 aliphatic rings. The van der Waals surface area contributed by atoms with Crippen LogP contribution in [-0.4, -0.2) is 23.2 Å². The van der Waals surface area contributed by atoms with Gasteiger partial charge in [-0.05, 0) is 18.3 Å². The van der Waals surface area contributed by atoms with E-state index in [1.807, 2.05) is 0 Å². The van der Waals surface area contributed by atoms with Crippen LogP contribution in [0, 0.1) is 5.41 Å². The summed E-state index contributed by atoms with van der Waals surface area (Å²) < 4.78 is 24.3. The third-order valence-corrected chi connectivity index (χ3v) is 4.81. The van der Waals surface area contributed by atoms with E-state index in [1.54, 1.807) is 7.05 Å². The van der Waals surface area contributed by atoms with Crippen LogP contribution in [0.15, 0.2) is 5.16 Å². The SMILES string of the molecule is Cn1c(C2CCCCC2(C)C)nnc1S(N)(=O)=O. The maximum atomic E-state index is 11.4. The van der Waals surface area contributed by atoms with Crippen molar-refractivity contribution in [1.29, 1.82) is 0 Å². The Morgan fingerprint density at radius 1 is 1.33 bits per heavy atom. The van der Waals surface area contributed by atoms with Crippen LogP contribution in [0.3, 0.4) is 0 Å². The number of hydrogen-bond acceptors (Lipinski definition) is 4. The Morgan fingerprint density at radius 3 is 2.50 bits per heavy atom. The summed E-state index contributed by atoms with van der Waals surface area (Å²) >= 11 is 0. The van der Waals surface area contributed by atoms with Gasteiger partial charge in [0.25, 0.3) is 15.2 Å². The summed E-state index contributed by atoms with van der Waals surface area (Å²) in [7, 11) is -2.13. The Morgan fingerprint density at radius 2 is 2.00 bits per heavy atom. The minimum atomic E-state index is -3.80. The van der Waals surface area contributed by atoms with Crippen molar-refractivity contribution in [2.45, 2.75) is 50.6 Å². The van der Waals surface area contributed by atoms with E-state index in [4.69, 9.17) is 5.14 Å². The van der Waals surface area contributed by atoms with Crippen LogP contribution >= 0.6 is 0 Å². The van der Waals surface area contributed by atoms with Crippen molar-refractivity contribution in [1.82, 2.24) is 14.8 Å². The Hall–Kier alpha value is -0.950. The van der Waals surface area contributed by atoms with Gasteiger partial charge in [0.1, 0.15) is 5.82 Å². The molecule has 2 rings (SSSR count). The fourth-order valence-electron chi connectivity index (χ4n) is 2.85. The van der Waals surface area contributed by atoms with Crippen molar-refractivity contribution in [3.8, 4) is 0 Å². The molecule has 0 spiro atoms. The molecule has 1 aromatic heterocycles. The molecule has 1 aliphatic carbocycles. The molecular formula is C11H20N4O2S. The number of aromatic nitrogens is 3. The van der Waals surface area contributed by atoms with E-state index in [9.17, 15) is 8.42 Å². The van der Waals surface area contributed by atoms with Crippen molar-refractivity contribution in [2.24, 2.45) is 17.6 Å². The minimum absolute atomic E-state index is 0.120. The average Bonchev–Trinajstić information content (AvgIpc) is 2.59. The number of hydrogen-bond donors (Lipinski definition) is 1. The van der Waals surface area contributed by atoms with Crippen LogP contribution in [0.25, 0.3) is 0 Å². The molecule has 1 atom stereocenters. The van der Waals surface area contributed by atoms with Crippen LogP contribution in [0.2, 0.25) is 0 Å². The van der Waals surface area contributed by atoms with E-state index in [2.05, 4.69) is 24.0 Å². The molecule has 7 heteroatoms. The third-order valence-electron chi connectivity index (χ3n) is 3.94. The van der Waals surface area contributed by atoms with Gasteiger partial charge in [-0.1, -0.05) is 26.7 Å². The predicted molar refractivity (Wildman–Crippen MR) is 67.4 cm³/mol. The van der Waals surface area contributed by atoms with Crippen molar-refractivity contribution >= 4 is 10.0 Å². The summed E-state index contributed by atoms with van der Waals surface area (Å²) in [4.78, 5) is 0. The highest BCUT2D eigenvalue weighted by atomic mass is 32.2. The van der Waals surface area contributed by atoms with E-state index in [-0.39, 0.29) is 16.5 Å². The second-order valence-corrected chi connectivity index (χ2v) is 7.19. The summed E-state index contributed by atoms with van der Waals surface area (Å²) in [5.74, 6) is 0.961. The number of rotatable bonds is 2. The molecule has 6 nitrogen and oxygen atoms in total. The Balaban J connectivity index is 2.43. The van der Waals surface area contributed by atoms with E-state index in [0.29, 0.717) is 0 Å². The average molecular weight is 272 g/mol. The third kappa shape index (κ3) is 2.29. The maximum Gasteiger partial charge on any atom is 0.273 e. The van der Waals surface area contributed by atoms with Crippen LogP contribution < -0.4 is 5.14 Å². The van der Waals surface area contributed by atoms with Crippen LogP contribution in [0.5, 0.6) is 0 Å². The quantitative estimate of drug-likeness (QED) is 0.874. The summed E-state index contributed by atoms with van der Waals surface area (Å²) in [5, 5.41) is 12.7. The number of primary sulfonamides is 1. The largest absolute Gasteiger partial charge is 0.304 e. The van der Waals surface area contributed by atoms with Gasteiger partial charge in [0.15, 0.2) is 0 Å². The molecule has 1 heterocycles. The summed E-state index contributed by atoms with van der Waals surface area (Å²) in [6.45, 7) is 4.39. The molecule has 1 fully saturated rings. The van der Waals surface area contributed by atoms with E-state index in [1.165, 1.54) is 11.0 Å². The molecule has 0 aromatic carbocycles. The van der Waals surface area contributed by atoms with Crippen molar-refractivity contribution in [3.63, 3.8) is 0 Å². The van der Waals surface area contributed by atoms with Crippen molar-refractivity contribution < 1.29 is 8.42 Å². The van der Waals surface area contributed by atoms with Crippen LogP contribution in [-0.2, 0) is 17.1 Å². The minimum Gasteiger partial charge on any atom is -0.304 e. The molecular weight excluding hydrogens is 252 g/mol. The van der Waals surface area contributed by atoms with Gasteiger partial charge in [-0.3, -0.25) is 0 Å². The van der Waals surface area contributed by atoms with Crippen LogP contribution in [0.1, 0.15) is 51.3 Å². The predicted octanol–water partition coefficient (Wildman–Crippen LogP) is 1.15. The highest BCUT2D eigenvalue weighted by Gasteiger charge is 2.37. The molecule has 18 heavy (non-hydrogen) atoms. The van der Waals surface area contributed by atoms with Crippen molar-refractivity contribution in [3.05, 3.63) is 5.82 Å². The van der Waals surface area contributed by atoms with Gasteiger partial charge >= 0.3 is 0 Å².